The summed E-state index contributed by atoms with van der Waals surface area (Å²) in [6.07, 6.45) is 15.2. The third-order valence-electron chi connectivity index (χ3n) is 9.14. The van der Waals surface area contributed by atoms with Crippen molar-refractivity contribution in [1.29, 1.82) is 0 Å². The van der Waals surface area contributed by atoms with E-state index >= 15 is 0 Å². The second kappa shape index (κ2) is 10.4. The minimum atomic E-state index is -1.07. The monoisotopic (exact) mass is 508 g/mol. The highest BCUT2D eigenvalue weighted by Crippen LogP contribution is 2.54. The quantitative estimate of drug-likeness (QED) is 0.241. The topological polar surface area (TPSA) is 0 Å². The van der Waals surface area contributed by atoms with Gasteiger partial charge >= 0.3 is 0 Å². The highest BCUT2D eigenvalue weighted by molar-refractivity contribution is 6.62. The second-order valence-electron chi connectivity index (χ2n) is 11.4. The van der Waals surface area contributed by atoms with Crippen molar-refractivity contribution in [2.24, 2.45) is 0 Å². The molecule has 1 heteroatoms. The summed E-state index contributed by atoms with van der Waals surface area (Å²) in [7, 11) is -1.07. The number of rotatable bonds is 4. The number of hydrogen-bond donors (Lipinski definition) is 0. The van der Waals surface area contributed by atoms with E-state index in [-0.39, 0.29) is 0 Å². The van der Waals surface area contributed by atoms with Gasteiger partial charge in [-0.15, -0.1) is 0 Å². The molecule has 1 atom stereocenters. The van der Waals surface area contributed by atoms with Crippen LogP contribution in [0.5, 0.6) is 0 Å². The van der Waals surface area contributed by atoms with E-state index in [1.165, 1.54) is 88.7 Å². The van der Waals surface area contributed by atoms with Crippen LogP contribution in [0.1, 0.15) is 60.8 Å². The van der Waals surface area contributed by atoms with E-state index in [1.807, 2.05) is 0 Å². The Bertz CT molecular complexity index is 1500. The summed E-state index contributed by atoms with van der Waals surface area (Å²) >= 11 is 0. The van der Waals surface area contributed by atoms with Gasteiger partial charge in [-0.05, 0) is 62.1 Å². The lowest BCUT2D eigenvalue weighted by Gasteiger charge is -2.29. The number of benzene rings is 4. The van der Waals surface area contributed by atoms with E-state index in [2.05, 4.69) is 109 Å². The molecule has 0 saturated carbocycles. The van der Waals surface area contributed by atoms with E-state index in [0.29, 0.717) is 5.54 Å². The third kappa shape index (κ3) is 4.24. The van der Waals surface area contributed by atoms with Gasteiger partial charge in [0.15, 0.2) is 0 Å². The Labute approximate surface area is 229 Å². The predicted molar refractivity (Wildman–Crippen MR) is 166 cm³/mol. The van der Waals surface area contributed by atoms with Gasteiger partial charge in [-0.1, -0.05) is 153 Å². The van der Waals surface area contributed by atoms with Gasteiger partial charge in [0.2, 0.25) is 0 Å². The van der Waals surface area contributed by atoms with Gasteiger partial charge in [0, 0.05) is 5.54 Å². The second-order valence-corrected chi connectivity index (χ2v) is 14.7. The summed E-state index contributed by atoms with van der Waals surface area (Å²) < 4.78 is 0. The maximum atomic E-state index is 2.58. The first-order chi connectivity index (χ1) is 18.9. The lowest BCUT2D eigenvalue weighted by atomic mass is 9.87. The first-order valence-corrected chi connectivity index (χ1v) is 17.0. The van der Waals surface area contributed by atoms with Crippen molar-refractivity contribution in [3.8, 4) is 33.4 Å². The molecular formula is C37H36Si. The predicted octanol–water partition coefficient (Wildman–Crippen LogP) is 10.2. The zero-order valence-corrected chi connectivity index (χ0v) is 23.4. The summed E-state index contributed by atoms with van der Waals surface area (Å²) in [6, 6.07) is 37.3. The summed E-state index contributed by atoms with van der Waals surface area (Å²) in [5.74, 6) is 0. The molecule has 1 aliphatic heterocycles. The molecule has 1 unspecified atom stereocenters. The van der Waals surface area contributed by atoms with E-state index in [9.17, 15) is 0 Å². The highest BCUT2D eigenvalue weighted by Gasteiger charge is 2.38. The van der Waals surface area contributed by atoms with Gasteiger partial charge in [-0.25, -0.2) is 0 Å². The van der Waals surface area contributed by atoms with Crippen molar-refractivity contribution < 1.29 is 0 Å². The van der Waals surface area contributed by atoms with Gasteiger partial charge in [-0.3, -0.25) is 0 Å². The van der Waals surface area contributed by atoms with E-state index in [4.69, 9.17) is 0 Å². The van der Waals surface area contributed by atoms with Gasteiger partial charge in [-0.2, -0.15) is 0 Å². The van der Waals surface area contributed by atoms with Crippen LogP contribution < -0.4 is 0 Å². The average molecular weight is 509 g/mol. The average Bonchev–Trinajstić information content (AvgIpc) is 3.60. The molecule has 1 saturated heterocycles. The van der Waals surface area contributed by atoms with Crippen molar-refractivity contribution in [3.05, 3.63) is 126 Å². The van der Waals surface area contributed by atoms with Crippen LogP contribution in [0.4, 0.5) is 0 Å². The molecule has 0 spiro atoms. The maximum Gasteiger partial charge on any atom is 0.0505 e. The van der Waals surface area contributed by atoms with Crippen LogP contribution in [0, 0.1) is 0 Å². The van der Waals surface area contributed by atoms with Gasteiger partial charge in [0.05, 0.1) is 8.80 Å². The molecule has 0 N–H and O–H groups in total. The van der Waals surface area contributed by atoms with Gasteiger partial charge in [0.1, 0.15) is 0 Å². The minimum absolute atomic E-state index is 0.599. The van der Waals surface area contributed by atoms with Crippen molar-refractivity contribution >= 4 is 14.4 Å². The molecule has 0 aromatic heterocycles. The van der Waals surface area contributed by atoms with Crippen LogP contribution in [0.3, 0.4) is 0 Å². The van der Waals surface area contributed by atoms with E-state index < -0.39 is 8.80 Å². The van der Waals surface area contributed by atoms with Gasteiger partial charge in [0.25, 0.3) is 0 Å². The summed E-state index contributed by atoms with van der Waals surface area (Å²) in [5, 5.41) is 0. The molecule has 188 valence electrons. The van der Waals surface area contributed by atoms with Crippen LogP contribution in [0.2, 0.25) is 12.1 Å². The molecule has 4 aromatic carbocycles. The Morgan fingerprint density at radius 2 is 1.24 bits per heavy atom. The fourth-order valence-electron chi connectivity index (χ4n) is 7.36. The van der Waals surface area contributed by atoms with Crippen LogP contribution in [-0.2, 0) is 0 Å². The molecule has 0 radical (unpaired) electrons. The molecule has 4 aromatic rings. The van der Waals surface area contributed by atoms with Crippen molar-refractivity contribution in [2.45, 2.75) is 56.2 Å². The smallest absolute Gasteiger partial charge is 0.0505 e. The standard InChI is InChI=1S/C37H36Si/c1-2-12-24-38(25-13-3-1)37-34-26-30(27-14-6-4-7-15-27)20-21-32(34)33-23-22-31(28-16-8-5-9-17-28)35(36(33)37)29-18-10-11-19-29/h4-11,14-18,20-23,26,37-38H,1-3,12-13,19,24-25H2. The van der Waals surface area contributed by atoms with E-state index in [0.717, 1.165) is 6.42 Å². The van der Waals surface area contributed by atoms with Crippen molar-refractivity contribution in [2.75, 3.05) is 0 Å². The zero-order chi connectivity index (χ0) is 25.3. The summed E-state index contributed by atoms with van der Waals surface area (Å²) in [5.41, 5.74) is 15.4. The molecule has 1 fully saturated rings. The molecule has 38 heavy (non-hydrogen) atoms. The van der Waals surface area contributed by atoms with Gasteiger partial charge < -0.3 is 0 Å². The first-order valence-electron chi connectivity index (χ1n) is 14.7. The van der Waals surface area contributed by atoms with Crippen LogP contribution >= 0.6 is 0 Å². The van der Waals surface area contributed by atoms with Crippen LogP contribution in [0.25, 0.3) is 39.0 Å². The highest BCUT2D eigenvalue weighted by atomic mass is 28.3. The molecule has 1 heterocycles. The minimum Gasteiger partial charge on any atom is -0.0801 e. The molecule has 7 rings (SSSR count). The molecule has 0 amide bonds. The lowest BCUT2D eigenvalue weighted by molar-refractivity contribution is 0.632. The fraction of sp³-hybridized carbons (Fsp3) is 0.243. The van der Waals surface area contributed by atoms with Crippen LogP contribution in [-0.4, -0.2) is 8.80 Å². The van der Waals surface area contributed by atoms with Crippen LogP contribution in [0.15, 0.2) is 109 Å². The number of allylic oxidation sites excluding steroid dienone is 4. The Balaban J connectivity index is 1.46. The summed E-state index contributed by atoms with van der Waals surface area (Å²) in [6.45, 7) is 0. The summed E-state index contributed by atoms with van der Waals surface area (Å²) in [4.78, 5) is 0. The van der Waals surface area contributed by atoms with E-state index in [1.54, 1.807) is 11.1 Å². The number of fused-ring (bicyclic) bond motifs is 3. The largest absolute Gasteiger partial charge is 0.0801 e. The Hall–Kier alpha value is -3.42. The Morgan fingerprint density at radius 3 is 1.95 bits per heavy atom. The first kappa shape index (κ1) is 23.7. The van der Waals surface area contributed by atoms with Crippen molar-refractivity contribution in [1.82, 2.24) is 0 Å². The molecule has 3 aliphatic rings. The van der Waals surface area contributed by atoms with Crippen molar-refractivity contribution in [3.63, 3.8) is 0 Å². The molecular weight excluding hydrogens is 472 g/mol. The zero-order valence-electron chi connectivity index (χ0n) is 22.2. The molecule has 0 nitrogen and oxygen atoms in total. The lowest BCUT2D eigenvalue weighted by Crippen LogP contribution is -2.25. The fourth-order valence-corrected chi connectivity index (χ4v) is 11.5. The molecule has 2 aliphatic carbocycles. The third-order valence-corrected chi connectivity index (χ3v) is 13.1. The SMILES string of the molecule is C1=CCC(c2c(-c3ccccc3)ccc3c2C([SiH]2CCCCCCC2)c2cc(-c4ccccc4)ccc2-3)=C1. The Morgan fingerprint density at radius 1 is 0.579 bits per heavy atom. The maximum absolute atomic E-state index is 2.58. The molecule has 0 bridgehead atoms. The Kier molecular flexibility index (Phi) is 6.47. The normalized spacial score (nSPS) is 18.9. The number of hydrogen-bond acceptors (Lipinski definition) is 0.